The van der Waals surface area contributed by atoms with Gasteiger partial charge in [0.1, 0.15) is 6.04 Å². The summed E-state index contributed by atoms with van der Waals surface area (Å²) in [6.45, 7) is 2.15. The molecule has 0 spiro atoms. The number of alkyl halides is 3. The zero-order valence-corrected chi connectivity index (χ0v) is 15.5. The van der Waals surface area contributed by atoms with Gasteiger partial charge in [-0.2, -0.15) is 18.0 Å². The van der Waals surface area contributed by atoms with Gasteiger partial charge >= 0.3 is 6.18 Å². The van der Waals surface area contributed by atoms with Gasteiger partial charge in [0, 0.05) is 12.1 Å². The first-order valence-corrected chi connectivity index (χ1v) is 9.27. The molecule has 1 aliphatic rings. The van der Waals surface area contributed by atoms with Crippen LogP contribution < -0.4 is 5.32 Å². The third-order valence-electron chi connectivity index (χ3n) is 4.73. The fraction of sp³-hybridized carbons (Fsp3) is 0.474. The van der Waals surface area contributed by atoms with Crippen LogP contribution in [0.3, 0.4) is 0 Å². The number of nitrogens with zero attached hydrogens (tertiary/aromatic N) is 4. The third-order valence-corrected chi connectivity index (χ3v) is 4.73. The summed E-state index contributed by atoms with van der Waals surface area (Å²) in [6.07, 6.45) is 3.19. The van der Waals surface area contributed by atoms with E-state index >= 15 is 0 Å². The van der Waals surface area contributed by atoms with Crippen molar-refractivity contribution in [1.29, 1.82) is 0 Å². The minimum Gasteiger partial charge on any atom is -0.354 e. The second-order valence-electron chi connectivity index (χ2n) is 6.84. The number of aromatic nitrogens is 4. The predicted molar refractivity (Wildman–Crippen MR) is 97.1 cm³/mol. The number of carbonyl (C=O) groups excluding carboxylic acids is 1. The lowest BCUT2D eigenvalue weighted by Crippen LogP contribution is -2.33. The van der Waals surface area contributed by atoms with Crippen molar-refractivity contribution >= 4 is 5.91 Å². The van der Waals surface area contributed by atoms with E-state index in [4.69, 9.17) is 0 Å². The molecule has 1 unspecified atom stereocenters. The van der Waals surface area contributed by atoms with Gasteiger partial charge in [-0.15, -0.1) is 10.2 Å². The van der Waals surface area contributed by atoms with Crippen LogP contribution in [0.2, 0.25) is 0 Å². The van der Waals surface area contributed by atoms with Crippen molar-refractivity contribution in [1.82, 2.24) is 25.5 Å². The van der Waals surface area contributed by atoms with Gasteiger partial charge in [-0.05, 0) is 56.4 Å². The Bertz CT molecular complexity index is 859. The van der Waals surface area contributed by atoms with Gasteiger partial charge in [0.2, 0.25) is 11.7 Å². The van der Waals surface area contributed by atoms with Crippen LogP contribution in [-0.2, 0) is 11.0 Å². The average molecular weight is 393 g/mol. The zero-order valence-electron chi connectivity index (χ0n) is 15.5. The number of hydrogen-bond donors (Lipinski definition) is 1. The van der Waals surface area contributed by atoms with Gasteiger partial charge in [0.25, 0.3) is 0 Å². The van der Waals surface area contributed by atoms with E-state index in [9.17, 15) is 18.0 Å². The monoisotopic (exact) mass is 393 g/mol. The van der Waals surface area contributed by atoms with Crippen LogP contribution in [0.1, 0.15) is 50.6 Å². The quantitative estimate of drug-likeness (QED) is 0.755. The molecule has 28 heavy (non-hydrogen) atoms. The summed E-state index contributed by atoms with van der Waals surface area (Å²) in [4.78, 5) is 13.4. The first-order valence-electron chi connectivity index (χ1n) is 9.27. The van der Waals surface area contributed by atoms with Crippen molar-refractivity contribution in [3.05, 3.63) is 41.5 Å². The van der Waals surface area contributed by atoms with Crippen LogP contribution >= 0.6 is 0 Å². The van der Waals surface area contributed by atoms with Crippen LogP contribution in [0, 0.1) is 0 Å². The van der Waals surface area contributed by atoms with Crippen molar-refractivity contribution < 1.29 is 18.0 Å². The fourth-order valence-electron chi connectivity index (χ4n) is 3.07. The Morgan fingerprint density at radius 1 is 1.32 bits per heavy atom. The molecule has 1 aliphatic carbocycles. The number of amides is 1. The summed E-state index contributed by atoms with van der Waals surface area (Å²) in [5, 5.41) is 14.5. The number of nitrogens with one attached hydrogen (secondary N) is 1. The SMILES string of the molecule is CC(C(=O)NCCC1=CCCCC1)n1nnc(-c2cccc(C(F)(F)F)c2)n1. The van der Waals surface area contributed by atoms with Crippen LogP contribution in [0.4, 0.5) is 13.2 Å². The third kappa shape index (κ3) is 4.96. The Hall–Kier alpha value is -2.71. The van der Waals surface area contributed by atoms with Gasteiger partial charge in [0.05, 0.1) is 5.56 Å². The first kappa shape index (κ1) is 20.0. The van der Waals surface area contributed by atoms with Crippen molar-refractivity contribution in [3.8, 4) is 11.4 Å². The molecule has 1 atom stereocenters. The van der Waals surface area contributed by atoms with E-state index in [2.05, 4.69) is 26.8 Å². The van der Waals surface area contributed by atoms with Gasteiger partial charge in [-0.3, -0.25) is 4.79 Å². The minimum absolute atomic E-state index is 0.0399. The van der Waals surface area contributed by atoms with E-state index in [0.29, 0.717) is 6.54 Å². The molecule has 0 saturated carbocycles. The lowest BCUT2D eigenvalue weighted by atomic mass is 9.97. The maximum atomic E-state index is 12.9. The number of rotatable bonds is 6. The van der Waals surface area contributed by atoms with Crippen LogP contribution in [0.5, 0.6) is 0 Å². The molecular weight excluding hydrogens is 371 g/mol. The highest BCUT2D eigenvalue weighted by molar-refractivity contribution is 5.79. The number of halogens is 3. The molecule has 2 aromatic rings. The molecule has 0 fully saturated rings. The van der Waals surface area contributed by atoms with Crippen molar-refractivity contribution in [2.45, 2.75) is 51.2 Å². The maximum Gasteiger partial charge on any atom is 0.416 e. The van der Waals surface area contributed by atoms with Crippen molar-refractivity contribution in [2.75, 3.05) is 6.54 Å². The average Bonchev–Trinajstić information content (AvgIpc) is 3.18. The highest BCUT2D eigenvalue weighted by atomic mass is 19.4. The van der Waals surface area contributed by atoms with Crippen LogP contribution in [-0.4, -0.2) is 32.7 Å². The van der Waals surface area contributed by atoms with Gasteiger partial charge < -0.3 is 5.32 Å². The highest BCUT2D eigenvalue weighted by Crippen LogP contribution is 2.31. The minimum atomic E-state index is -4.45. The van der Waals surface area contributed by atoms with Crippen LogP contribution in [0.25, 0.3) is 11.4 Å². The Morgan fingerprint density at radius 2 is 2.14 bits per heavy atom. The molecule has 9 heteroatoms. The molecule has 1 heterocycles. The van der Waals surface area contributed by atoms with E-state index in [1.165, 1.54) is 30.5 Å². The van der Waals surface area contributed by atoms with Gasteiger partial charge in [-0.25, -0.2) is 0 Å². The van der Waals surface area contributed by atoms with E-state index in [1.807, 2.05) is 0 Å². The predicted octanol–water partition coefficient (Wildman–Crippen LogP) is 3.93. The summed E-state index contributed by atoms with van der Waals surface area (Å²) in [6, 6.07) is 3.98. The van der Waals surface area contributed by atoms with Gasteiger partial charge in [-0.1, -0.05) is 23.8 Å². The summed E-state index contributed by atoms with van der Waals surface area (Å²) < 4.78 is 38.6. The standard InChI is InChI=1S/C19H22F3N5O/c1-13(18(28)23-11-10-14-6-3-2-4-7-14)27-25-17(24-26-27)15-8-5-9-16(12-15)19(20,21)22/h5-6,8-9,12-13H,2-4,7,10-11H2,1H3,(H,23,28). The highest BCUT2D eigenvalue weighted by Gasteiger charge is 2.31. The Balaban J connectivity index is 1.61. The molecule has 3 rings (SSSR count). The molecule has 1 N–H and O–H groups in total. The number of benzene rings is 1. The van der Waals surface area contributed by atoms with Crippen LogP contribution in [0.15, 0.2) is 35.9 Å². The largest absolute Gasteiger partial charge is 0.416 e. The smallest absolute Gasteiger partial charge is 0.354 e. The molecule has 0 saturated heterocycles. The fourth-order valence-corrected chi connectivity index (χ4v) is 3.07. The normalized spacial score (nSPS) is 15.8. The molecule has 1 amide bonds. The Labute approximate surface area is 160 Å². The summed E-state index contributed by atoms with van der Waals surface area (Å²) in [7, 11) is 0. The summed E-state index contributed by atoms with van der Waals surface area (Å²) in [5.41, 5.74) is 0.770. The van der Waals surface area contributed by atoms with Crippen molar-refractivity contribution in [3.63, 3.8) is 0 Å². The molecule has 0 bridgehead atoms. The maximum absolute atomic E-state index is 12.9. The van der Waals surface area contributed by atoms with E-state index in [-0.39, 0.29) is 17.3 Å². The molecular formula is C19H22F3N5O. The van der Waals surface area contributed by atoms with E-state index in [0.717, 1.165) is 36.2 Å². The van der Waals surface area contributed by atoms with E-state index < -0.39 is 17.8 Å². The molecule has 0 aliphatic heterocycles. The molecule has 1 aromatic carbocycles. The second kappa shape index (κ2) is 8.53. The number of allylic oxidation sites excluding steroid dienone is 1. The first-order chi connectivity index (χ1) is 13.3. The zero-order chi connectivity index (χ0) is 20.1. The molecule has 0 radical (unpaired) electrons. The van der Waals surface area contributed by atoms with Crippen molar-refractivity contribution in [2.24, 2.45) is 0 Å². The number of carbonyl (C=O) groups is 1. The second-order valence-corrected chi connectivity index (χ2v) is 6.84. The number of tetrazole rings is 1. The van der Waals surface area contributed by atoms with E-state index in [1.54, 1.807) is 6.92 Å². The molecule has 150 valence electrons. The summed E-state index contributed by atoms with van der Waals surface area (Å²) >= 11 is 0. The number of hydrogen-bond acceptors (Lipinski definition) is 4. The Kier molecular flexibility index (Phi) is 6.11. The Morgan fingerprint density at radius 3 is 2.86 bits per heavy atom. The molecule has 6 nitrogen and oxygen atoms in total. The molecule has 1 aromatic heterocycles. The lowest BCUT2D eigenvalue weighted by molar-refractivity contribution is -0.137. The topological polar surface area (TPSA) is 72.7 Å². The summed E-state index contributed by atoms with van der Waals surface area (Å²) in [5.74, 6) is -0.220. The lowest BCUT2D eigenvalue weighted by Gasteiger charge is -2.14. The van der Waals surface area contributed by atoms with Gasteiger partial charge in [0.15, 0.2) is 0 Å².